The standard InChI is InChI=1S/C23H22N4O3S/c1-4-21-26-27-23(31-21)25-22(28)18(13-24)11-17-9-10-19(20(12-17)29-3)30-14-16-7-5-15(2)6-8-16/h5-12H,4,14H2,1-3H3,(H,25,27,28)/b18-11+. The Hall–Kier alpha value is -3.70. The topological polar surface area (TPSA) is 97.1 Å². The fourth-order valence-corrected chi connectivity index (χ4v) is 3.34. The van der Waals surface area contributed by atoms with E-state index in [-0.39, 0.29) is 5.57 Å². The molecule has 0 aliphatic heterocycles. The van der Waals surface area contributed by atoms with E-state index >= 15 is 0 Å². The maximum absolute atomic E-state index is 12.4. The van der Waals surface area contributed by atoms with Crippen molar-refractivity contribution < 1.29 is 14.3 Å². The Labute approximate surface area is 185 Å². The number of carbonyl (C=O) groups is 1. The first kappa shape index (κ1) is 22.0. The largest absolute Gasteiger partial charge is 0.493 e. The predicted molar refractivity (Wildman–Crippen MR) is 120 cm³/mol. The van der Waals surface area contributed by atoms with Crippen LogP contribution in [-0.2, 0) is 17.8 Å². The SMILES string of the molecule is CCc1nnc(NC(=O)/C(C#N)=C/c2ccc(OCc3ccc(C)cc3)c(OC)c2)s1. The smallest absolute Gasteiger partial charge is 0.268 e. The number of ether oxygens (including phenoxy) is 2. The van der Waals surface area contributed by atoms with Crippen LogP contribution in [0.2, 0.25) is 0 Å². The number of aryl methyl sites for hydroxylation is 2. The van der Waals surface area contributed by atoms with Crippen LogP contribution in [0.1, 0.15) is 28.6 Å². The zero-order valence-electron chi connectivity index (χ0n) is 17.5. The summed E-state index contributed by atoms with van der Waals surface area (Å²) in [6, 6.07) is 15.2. The van der Waals surface area contributed by atoms with Crippen molar-refractivity contribution in [1.29, 1.82) is 5.26 Å². The molecule has 0 saturated carbocycles. The maximum Gasteiger partial charge on any atom is 0.268 e. The number of amides is 1. The second-order valence-corrected chi connectivity index (χ2v) is 7.73. The lowest BCUT2D eigenvalue weighted by atomic mass is 10.1. The van der Waals surface area contributed by atoms with Gasteiger partial charge in [-0.2, -0.15) is 5.26 Å². The molecule has 7 nitrogen and oxygen atoms in total. The van der Waals surface area contributed by atoms with Crippen LogP contribution >= 0.6 is 11.3 Å². The summed E-state index contributed by atoms with van der Waals surface area (Å²) in [4.78, 5) is 12.4. The van der Waals surface area contributed by atoms with Crippen LogP contribution in [0.15, 0.2) is 48.0 Å². The summed E-state index contributed by atoms with van der Waals surface area (Å²) < 4.78 is 11.3. The number of nitriles is 1. The number of hydrogen-bond donors (Lipinski definition) is 1. The summed E-state index contributed by atoms with van der Waals surface area (Å²) in [6.07, 6.45) is 2.22. The van der Waals surface area contributed by atoms with Crippen molar-refractivity contribution >= 4 is 28.5 Å². The third-order valence-electron chi connectivity index (χ3n) is 4.37. The average Bonchev–Trinajstić information content (AvgIpc) is 3.24. The van der Waals surface area contributed by atoms with Crippen LogP contribution < -0.4 is 14.8 Å². The first-order valence-corrected chi connectivity index (χ1v) is 10.5. The maximum atomic E-state index is 12.4. The monoisotopic (exact) mass is 434 g/mol. The van der Waals surface area contributed by atoms with Crippen molar-refractivity contribution in [3.05, 3.63) is 69.7 Å². The fraction of sp³-hybridized carbons (Fsp3) is 0.217. The van der Waals surface area contributed by atoms with Crippen molar-refractivity contribution in [3.8, 4) is 17.6 Å². The van der Waals surface area contributed by atoms with Gasteiger partial charge in [-0.05, 0) is 42.7 Å². The van der Waals surface area contributed by atoms with Gasteiger partial charge in [0, 0.05) is 0 Å². The summed E-state index contributed by atoms with van der Waals surface area (Å²) in [5.41, 5.74) is 2.82. The summed E-state index contributed by atoms with van der Waals surface area (Å²) in [6.45, 7) is 4.39. The number of hydrogen-bond acceptors (Lipinski definition) is 7. The molecule has 2 aromatic carbocycles. The van der Waals surface area contributed by atoms with Crippen LogP contribution in [0.3, 0.4) is 0 Å². The van der Waals surface area contributed by atoms with Crippen LogP contribution in [0.5, 0.6) is 11.5 Å². The molecule has 8 heteroatoms. The highest BCUT2D eigenvalue weighted by molar-refractivity contribution is 7.15. The molecule has 3 aromatic rings. The zero-order chi connectivity index (χ0) is 22.2. The molecule has 0 unspecified atom stereocenters. The Morgan fingerprint density at radius 1 is 1.19 bits per heavy atom. The molecule has 0 aliphatic carbocycles. The number of anilines is 1. The van der Waals surface area contributed by atoms with Crippen molar-refractivity contribution in [1.82, 2.24) is 10.2 Å². The first-order chi connectivity index (χ1) is 15.0. The highest BCUT2D eigenvalue weighted by Crippen LogP contribution is 2.30. The molecule has 1 aromatic heterocycles. The minimum Gasteiger partial charge on any atom is -0.493 e. The summed E-state index contributed by atoms with van der Waals surface area (Å²) >= 11 is 1.28. The van der Waals surface area contributed by atoms with Crippen LogP contribution in [0, 0.1) is 18.3 Å². The molecule has 1 heterocycles. The Balaban J connectivity index is 1.73. The van der Waals surface area contributed by atoms with E-state index in [9.17, 15) is 10.1 Å². The normalized spacial score (nSPS) is 11.0. The molecule has 31 heavy (non-hydrogen) atoms. The van der Waals surface area contributed by atoms with Gasteiger partial charge in [0.25, 0.3) is 5.91 Å². The summed E-state index contributed by atoms with van der Waals surface area (Å²) in [5.74, 6) is 0.541. The molecule has 0 bridgehead atoms. The number of nitrogens with zero attached hydrogens (tertiary/aromatic N) is 3. The number of nitrogens with one attached hydrogen (secondary N) is 1. The molecule has 0 saturated heterocycles. The van der Waals surface area contributed by atoms with Crippen molar-refractivity contribution in [2.24, 2.45) is 0 Å². The second kappa shape index (κ2) is 10.4. The van der Waals surface area contributed by atoms with E-state index in [4.69, 9.17) is 9.47 Å². The van der Waals surface area contributed by atoms with Crippen molar-refractivity contribution in [2.45, 2.75) is 26.9 Å². The number of benzene rings is 2. The molecular formula is C23H22N4O3S. The van der Waals surface area contributed by atoms with Crippen LogP contribution in [0.25, 0.3) is 6.08 Å². The van der Waals surface area contributed by atoms with Gasteiger partial charge in [-0.1, -0.05) is 54.2 Å². The second-order valence-electron chi connectivity index (χ2n) is 6.66. The van der Waals surface area contributed by atoms with Gasteiger partial charge in [-0.25, -0.2) is 0 Å². The molecule has 0 fully saturated rings. The van der Waals surface area contributed by atoms with Gasteiger partial charge < -0.3 is 9.47 Å². The molecule has 1 amide bonds. The van der Waals surface area contributed by atoms with Crippen molar-refractivity contribution in [3.63, 3.8) is 0 Å². The number of methoxy groups -OCH3 is 1. The van der Waals surface area contributed by atoms with E-state index in [1.807, 2.05) is 44.2 Å². The molecule has 0 aliphatic rings. The van der Waals surface area contributed by atoms with E-state index < -0.39 is 5.91 Å². The minimum atomic E-state index is -0.542. The van der Waals surface area contributed by atoms with Crippen LogP contribution in [-0.4, -0.2) is 23.2 Å². The van der Waals surface area contributed by atoms with E-state index in [0.29, 0.717) is 28.8 Å². The Morgan fingerprint density at radius 3 is 2.61 bits per heavy atom. The number of carbonyl (C=O) groups excluding carboxylic acids is 1. The Bertz CT molecular complexity index is 1130. The fourth-order valence-electron chi connectivity index (χ4n) is 2.67. The quantitative estimate of drug-likeness (QED) is 0.413. The average molecular weight is 435 g/mol. The Kier molecular flexibility index (Phi) is 7.35. The minimum absolute atomic E-state index is 0.0522. The first-order valence-electron chi connectivity index (χ1n) is 9.64. The van der Waals surface area contributed by atoms with Crippen LogP contribution in [0.4, 0.5) is 5.13 Å². The van der Waals surface area contributed by atoms with E-state index in [0.717, 1.165) is 17.0 Å². The van der Waals surface area contributed by atoms with Gasteiger partial charge in [0.1, 0.15) is 23.3 Å². The number of aromatic nitrogens is 2. The summed E-state index contributed by atoms with van der Waals surface area (Å²) in [7, 11) is 1.54. The lowest BCUT2D eigenvalue weighted by Crippen LogP contribution is -2.13. The molecular weight excluding hydrogens is 412 g/mol. The van der Waals surface area contributed by atoms with Gasteiger partial charge >= 0.3 is 0 Å². The third kappa shape index (κ3) is 5.90. The molecule has 1 N–H and O–H groups in total. The van der Waals surface area contributed by atoms with Gasteiger partial charge in [0.05, 0.1) is 7.11 Å². The lowest BCUT2D eigenvalue weighted by molar-refractivity contribution is -0.112. The van der Waals surface area contributed by atoms with E-state index in [2.05, 4.69) is 15.5 Å². The van der Waals surface area contributed by atoms with E-state index in [1.54, 1.807) is 25.3 Å². The van der Waals surface area contributed by atoms with Crippen molar-refractivity contribution in [2.75, 3.05) is 12.4 Å². The highest BCUT2D eigenvalue weighted by atomic mass is 32.1. The predicted octanol–water partition coefficient (Wildman–Crippen LogP) is 4.54. The molecule has 0 spiro atoms. The Morgan fingerprint density at radius 2 is 1.97 bits per heavy atom. The summed E-state index contributed by atoms with van der Waals surface area (Å²) in [5, 5.41) is 21.1. The molecule has 158 valence electrons. The van der Waals surface area contributed by atoms with E-state index in [1.165, 1.54) is 23.0 Å². The third-order valence-corrected chi connectivity index (χ3v) is 5.35. The highest BCUT2D eigenvalue weighted by Gasteiger charge is 2.13. The lowest BCUT2D eigenvalue weighted by Gasteiger charge is -2.12. The molecule has 3 rings (SSSR count). The number of rotatable bonds is 8. The van der Waals surface area contributed by atoms with Gasteiger partial charge in [0.15, 0.2) is 11.5 Å². The van der Waals surface area contributed by atoms with Gasteiger partial charge in [-0.15, -0.1) is 10.2 Å². The zero-order valence-corrected chi connectivity index (χ0v) is 18.3. The van der Waals surface area contributed by atoms with Gasteiger partial charge in [0.2, 0.25) is 5.13 Å². The molecule has 0 radical (unpaired) electrons. The van der Waals surface area contributed by atoms with Gasteiger partial charge in [-0.3, -0.25) is 10.1 Å². The molecule has 0 atom stereocenters.